The number of carboxylic acid groups (broad SMARTS) is 1. The summed E-state index contributed by atoms with van der Waals surface area (Å²) in [5, 5.41) is 17.0. The van der Waals surface area contributed by atoms with E-state index in [1.807, 2.05) is 6.92 Å². The van der Waals surface area contributed by atoms with Crippen molar-refractivity contribution in [3.63, 3.8) is 0 Å². The van der Waals surface area contributed by atoms with Crippen molar-refractivity contribution in [2.75, 3.05) is 13.1 Å². The number of urea groups is 1. The molecule has 0 bridgehead atoms. The highest BCUT2D eigenvalue weighted by Crippen LogP contribution is 2.14. The van der Waals surface area contributed by atoms with Crippen LogP contribution in [0.25, 0.3) is 0 Å². The molecule has 1 rings (SSSR count). The van der Waals surface area contributed by atoms with Gasteiger partial charge in [0.2, 0.25) is 5.91 Å². The van der Waals surface area contributed by atoms with Crippen molar-refractivity contribution in [2.45, 2.75) is 51.5 Å². The number of nitrogens with one attached hydrogen (secondary N) is 3. The molecule has 7 nitrogen and oxygen atoms in total. The quantitative estimate of drug-likeness (QED) is 0.533. The Morgan fingerprint density at radius 1 is 1.43 bits per heavy atom. The van der Waals surface area contributed by atoms with Gasteiger partial charge in [-0.15, -0.1) is 0 Å². The summed E-state index contributed by atoms with van der Waals surface area (Å²) in [4.78, 5) is 33.2. The highest BCUT2D eigenvalue weighted by molar-refractivity contribution is 5.78. The van der Waals surface area contributed by atoms with E-state index >= 15 is 0 Å². The van der Waals surface area contributed by atoms with Gasteiger partial charge in [-0.25, -0.2) is 4.79 Å². The smallest absolute Gasteiger partial charge is 0.315 e. The van der Waals surface area contributed by atoms with Crippen molar-refractivity contribution >= 4 is 17.9 Å². The maximum Gasteiger partial charge on any atom is 0.315 e. The van der Waals surface area contributed by atoms with Gasteiger partial charge in [0.05, 0.1) is 0 Å². The molecule has 1 saturated heterocycles. The van der Waals surface area contributed by atoms with Crippen LogP contribution in [-0.4, -0.2) is 42.1 Å². The average Bonchev–Trinajstić information content (AvgIpc) is 2.45. The van der Waals surface area contributed by atoms with Crippen LogP contribution in [0, 0.1) is 5.92 Å². The predicted octanol–water partition coefficient (Wildman–Crippen LogP) is 0.845. The van der Waals surface area contributed by atoms with Crippen LogP contribution in [0.1, 0.15) is 45.4 Å². The summed E-state index contributed by atoms with van der Waals surface area (Å²) in [5.41, 5.74) is 0. The predicted molar refractivity (Wildman–Crippen MR) is 77.8 cm³/mol. The van der Waals surface area contributed by atoms with Crippen LogP contribution < -0.4 is 16.0 Å². The summed E-state index contributed by atoms with van der Waals surface area (Å²) in [7, 11) is 0. The number of amides is 3. The van der Waals surface area contributed by atoms with E-state index in [4.69, 9.17) is 5.11 Å². The van der Waals surface area contributed by atoms with Gasteiger partial charge in [0.15, 0.2) is 0 Å². The molecule has 2 atom stereocenters. The van der Waals surface area contributed by atoms with Crippen molar-refractivity contribution in [3.05, 3.63) is 0 Å². The lowest BCUT2D eigenvalue weighted by molar-refractivity contribution is -0.137. The molecule has 1 aliphatic heterocycles. The van der Waals surface area contributed by atoms with E-state index in [0.717, 1.165) is 12.8 Å². The number of carbonyl (C=O) groups excluding carboxylic acids is 2. The third kappa shape index (κ3) is 7.53. The van der Waals surface area contributed by atoms with Gasteiger partial charge in [-0.1, -0.05) is 13.3 Å². The topological polar surface area (TPSA) is 108 Å². The lowest BCUT2D eigenvalue weighted by Gasteiger charge is -2.23. The van der Waals surface area contributed by atoms with Gasteiger partial charge in [-0.05, 0) is 25.2 Å². The van der Waals surface area contributed by atoms with E-state index < -0.39 is 5.97 Å². The van der Waals surface area contributed by atoms with Crippen LogP contribution >= 0.6 is 0 Å². The molecule has 120 valence electrons. The minimum atomic E-state index is -0.779. The molecule has 0 saturated carbocycles. The molecule has 1 aliphatic rings. The highest BCUT2D eigenvalue weighted by Gasteiger charge is 2.19. The van der Waals surface area contributed by atoms with Gasteiger partial charge in [0, 0.05) is 32.0 Å². The fourth-order valence-corrected chi connectivity index (χ4v) is 2.36. The summed E-state index contributed by atoms with van der Waals surface area (Å²) in [5.74, 6) is -0.438. The van der Waals surface area contributed by atoms with Gasteiger partial charge in [-0.3, -0.25) is 9.59 Å². The minimum Gasteiger partial charge on any atom is -0.481 e. The Balaban J connectivity index is 2.14. The van der Waals surface area contributed by atoms with E-state index in [1.54, 1.807) is 0 Å². The molecule has 3 amide bonds. The number of rotatable bonds is 8. The molecule has 0 aromatic carbocycles. The SMILES string of the molecule is CCC(CCNC(=O)NC1CCC(=O)NC1)CCC(=O)O. The lowest BCUT2D eigenvalue weighted by Crippen LogP contribution is -2.50. The Morgan fingerprint density at radius 3 is 2.76 bits per heavy atom. The first-order valence-electron chi connectivity index (χ1n) is 7.54. The van der Waals surface area contributed by atoms with Gasteiger partial charge in [0.25, 0.3) is 0 Å². The van der Waals surface area contributed by atoms with Crippen LogP contribution in [0.3, 0.4) is 0 Å². The Bertz CT molecular complexity index is 363. The van der Waals surface area contributed by atoms with Crippen molar-refractivity contribution < 1.29 is 19.5 Å². The zero-order valence-corrected chi connectivity index (χ0v) is 12.5. The Hall–Kier alpha value is -1.79. The molecule has 7 heteroatoms. The van der Waals surface area contributed by atoms with Gasteiger partial charge < -0.3 is 21.1 Å². The fourth-order valence-electron chi connectivity index (χ4n) is 2.36. The maximum atomic E-state index is 11.7. The first-order chi connectivity index (χ1) is 10.0. The molecule has 0 radical (unpaired) electrons. The molecule has 4 N–H and O–H groups in total. The van der Waals surface area contributed by atoms with Crippen LogP contribution in [0.15, 0.2) is 0 Å². The summed E-state index contributed by atoms with van der Waals surface area (Å²) in [6, 6.07) is -0.249. The first kappa shape index (κ1) is 17.3. The average molecular weight is 299 g/mol. The molecule has 0 aromatic heterocycles. The van der Waals surface area contributed by atoms with Crippen LogP contribution in [0.5, 0.6) is 0 Å². The third-order valence-corrected chi connectivity index (χ3v) is 3.78. The van der Waals surface area contributed by atoms with Crippen molar-refractivity contribution in [2.24, 2.45) is 5.92 Å². The zero-order chi connectivity index (χ0) is 15.7. The van der Waals surface area contributed by atoms with E-state index in [9.17, 15) is 14.4 Å². The first-order valence-corrected chi connectivity index (χ1v) is 7.54. The standard InChI is InChI=1S/C14H25N3O4/c1-2-10(3-6-13(19)20)7-8-15-14(21)17-11-4-5-12(18)16-9-11/h10-11H,2-9H2,1H3,(H,16,18)(H,19,20)(H2,15,17,21). The van der Waals surface area contributed by atoms with E-state index in [1.165, 1.54) is 0 Å². The van der Waals surface area contributed by atoms with Crippen molar-refractivity contribution in [3.8, 4) is 0 Å². The summed E-state index contributed by atoms with van der Waals surface area (Å²) in [6.07, 6.45) is 3.60. The van der Waals surface area contributed by atoms with Gasteiger partial charge in [0.1, 0.15) is 0 Å². The number of hydrogen-bond donors (Lipinski definition) is 4. The Morgan fingerprint density at radius 2 is 2.19 bits per heavy atom. The van der Waals surface area contributed by atoms with E-state index in [2.05, 4.69) is 16.0 Å². The summed E-state index contributed by atoms with van der Waals surface area (Å²) < 4.78 is 0. The second-order valence-electron chi connectivity index (χ2n) is 5.44. The number of piperidine rings is 1. The van der Waals surface area contributed by atoms with Crippen molar-refractivity contribution in [1.29, 1.82) is 0 Å². The summed E-state index contributed by atoms with van der Waals surface area (Å²) >= 11 is 0. The van der Waals surface area contributed by atoms with Gasteiger partial charge in [-0.2, -0.15) is 0 Å². The second-order valence-corrected chi connectivity index (χ2v) is 5.44. The maximum absolute atomic E-state index is 11.7. The van der Waals surface area contributed by atoms with Crippen LogP contribution in [0.4, 0.5) is 4.79 Å². The van der Waals surface area contributed by atoms with Crippen molar-refractivity contribution in [1.82, 2.24) is 16.0 Å². The molecular weight excluding hydrogens is 274 g/mol. The van der Waals surface area contributed by atoms with Crippen LogP contribution in [-0.2, 0) is 9.59 Å². The number of hydrogen-bond acceptors (Lipinski definition) is 3. The molecular formula is C14H25N3O4. The number of aliphatic carboxylic acids is 1. The second kappa shape index (κ2) is 9.20. The molecule has 21 heavy (non-hydrogen) atoms. The normalized spacial score (nSPS) is 19.5. The molecule has 0 spiro atoms. The molecule has 1 heterocycles. The molecule has 1 fully saturated rings. The largest absolute Gasteiger partial charge is 0.481 e. The Labute approximate surface area is 124 Å². The minimum absolute atomic E-state index is 0.0170. The number of carboxylic acids is 1. The molecule has 0 aromatic rings. The number of carbonyl (C=O) groups is 3. The van der Waals surface area contributed by atoms with E-state index in [0.29, 0.717) is 38.3 Å². The zero-order valence-electron chi connectivity index (χ0n) is 12.5. The van der Waals surface area contributed by atoms with Gasteiger partial charge >= 0.3 is 12.0 Å². The molecule has 2 unspecified atom stereocenters. The Kier molecular flexibility index (Phi) is 7.56. The third-order valence-electron chi connectivity index (χ3n) is 3.78. The lowest BCUT2D eigenvalue weighted by atomic mass is 9.97. The monoisotopic (exact) mass is 299 g/mol. The van der Waals surface area contributed by atoms with E-state index in [-0.39, 0.29) is 24.4 Å². The molecule has 0 aliphatic carbocycles. The fraction of sp³-hybridized carbons (Fsp3) is 0.786. The van der Waals surface area contributed by atoms with Crippen LogP contribution in [0.2, 0.25) is 0 Å². The summed E-state index contributed by atoms with van der Waals surface area (Å²) in [6.45, 7) is 3.03. The highest BCUT2D eigenvalue weighted by atomic mass is 16.4.